The van der Waals surface area contributed by atoms with Gasteiger partial charge in [0.05, 0.1) is 11.0 Å². The van der Waals surface area contributed by atoms with Gasteiger partial charge in [0.25, 0.3) is 5.91 Å². The Morgan fingerprint density at radius 1 is 1.17 bits per heavy atom. The van der Waals surface area contributed by atoms with Crippen LogP contribution < -0.4 is 10.2 Å². The second kappa shape index (κ2) is 11.3. The van der Waals surface area contributed by atoms with Crippen LogP contribution in [0, 0.1) is 6.92 Å². The number of rotatable bonds is 9. The van der Waals surface area contributed by atoms with Gasteiger partial charge in [-0.15, -0.1) is 0 Å². The van der Waals surface area contributed by atoms with Crippen LogP contribution in [0.3, 0.4) is 0 Å². The highest BCUT2D eigenvalue weighted by atomic mass is 16.1. The van der Waals surface area contributed by atoms with Gasteiger partial charge < -0.3 is 19.7 Å². The van der Waals surface area contributed by atoms with Gasteiger partial charge in [-0.05, 0) is 89.0 Å². The average Bonchev–Trinajstić information content (AvgIpc) is 3.21. The van der Waals surface area contributed by atoms with E-state index in [1.807, 2.05) is 37.4 Å². The Morgan fingerprint density at radius 3 is 2.50 bits per heavy atom. The quantitative estimate of drug-likeness (QED) is 0.451. The van der Waals surface area contributed by atoms with E-state index in [1.165, 1.54) is 25.7 Å². The summed E-state index contributed by atoms with van der Waals surface area (Å²) in [5, 5.41) is 3.14. The Hall–Kier alpha value is -3.12. The average molecular weight is 488 g/mol. The highest BCUT2D eigenvalue weighted by molar-refractivity contribution is 5.98. The summed E-state index contributed by atoms with van der Waals surface area (Å²) in [7, 11) is 6.39. The van der Waals surface area contributed by atoms with Crippen molar-refractivity contribution in [3.8, 4) is 0 Å². The van der Waals surface area contributed by atoms with Crippen molar-refractivity contribution in [1.82, 2.24) is 19.8 Å². The highest BCUT2D eigenvalue weighted by Crippen LogP contribution is 2.33. The molecule has 1 N–H and O–H groups in total. The van der Waals surface area contributed by atoms with Gasteiger partial charge in [-0.25, -0.2) is 4.98 Å². The number of fused-ring (bicyclic) bond motifs is 1. The molecule has 2 aromatic carbocycles. The zero-order valence-corrected chi connectivity index (χ0v) is 22.6. The predicted molar refractivity (Wildman–Crippen MR) is 151 cm³/mol. The number of para-hydroxylation sites is 2. The smallest absolute Gasteiger partial charge is 0.251 e. The number of nitrogens with one attached hydrogen (secondary N) is 1. The molecule has 4 rings (SSSR count). The maximum absolute atomic E-state index is 13.3. The molecule has 0 spiro atoms. The van der Waals surface area contributed by atoms with Crippen molar-refractivity contribution >= 4 is 28.7 Å². The van der Waals surface area contributed by atoms with E-state index in [0.717, 1.165) is 45.8 Å². The summed E-state index contributed by atoms with van der Waals surface area (Å²) in [6.45, 7) is 9.75. The van der Waals surface area contributed by atoms with E-state index < -0.39 is 0 Å². The first-order valence-corrected chi connectivity index (χ1v) is 13.2. The van der Waals surface area contributed by atoms with Gasteiger partial charge in [0.2, 0.25) is 0 Å². The molecule has 1 aliphatic rings. The van der Waals surface area contributed by atoms with Crippen LogP contribution in [0.4, 0.5) is 5.69 Å². The lowest BCUT2D eigenvalue weighted by Gasteiger charge is -2.40. The van der Waals surface area contributed by atoms with Crippen LogP contribution in [-0.4, -0.2) is 59.6 Å². The van der Waals surface area contributed by atoms with Crippen LogP contribution in [0.5, 0.6) is 0 Å². The molecule has 6 heteroatoms. The largest absolute Gasteiger partial charge is 0.369 e. The third-order valence-corrected chi connectivity index (χ3v) is 7.88. The minimum atomic E-state index is -0.0383. The number of aryl methyl sites for hydroxylation is 1. The van der Waals surface area contributed by atoms with Gasteiger partial charge in [0.1, 0.15) is 5.82 Å². The molecule has 0 atom stereocenters. The van der Waals surface area contributed by atoms with Crippen LogP contribution >= 0.6 is 0 Å². The first-order valence-electron chi connectivity index (χ1n) is 13.2. The molecule has 0 saturated heterocycles. The van der Waals surface area contributed by atoms with Crippen molar-refractivity contribution in [2.45, 2.75) is 58.0 Å². The van der Waals surface area contributed by atoms with E-state index >= 15 is 0 Å². The monoisotopic (exact) mass is 487 g/mol. The standard InChI is InChI=1S/C30H41N5O/c1-7-22-19-25(30(36)31-18-17-29-32-26-11-9-10-12-27(26)34(29)6)21(3)28(20-22)35(8-2)24-15-13-23(14-16-24)33(4)5/h7,9-12,19-20,23-24H,1,8,13-18H2,2-6H3,(H,31,36)/t23-,24-. The first-order chi connectivity index (χ1) is 17.3. The van der Waals surface area contributed by atoms with Gasteiger partial charge in [-0.1, -0.05) is 24.8 Å². The number of imidazole rings is 1. The van der Waals surface area contributed by atoms with E-state index in [-0.39, 0.29) is 5.91 Å². The molecule has 0 unspecified atom stereocenters. The Morgan fingerprint density at radius 2 is 1.86 bits per heavy atom. The molecule has 1 saturated carbocycles. The zero-order chi connectivity index (χ0) is 25.8. The van der Waals surface area contributed by atoms with Crippen LogP contribution in [0.25, 0.3) is 17.1 Å². The minimum absolute atomic E-state index is 0.0383. The zero-order valence-electron chi connectivity index (χ0n) is 22.6. The van der Waals surface area contributed by atoms with Gasteiger partial charge in [0.15, 0.2) is 0 Å². The molecule has 3 aromatic rings. The van der Waals surface area contributed by atoms with E-state index in [2.05, 4.69) is 66.3 Å². The summed E-state index contributed by atoms with van der Waals surface area (Å²) in [5.41, 5.74) is 6.00. The summed E-state index contributed by atoms with van der Waals surface area (Å²) >= 11 is 0. The van der Waals surface area contributed by atoms with Gasteiger partial charge in [-0.2, -0.15) is 0 Å². The number of hydrogen-bond acceptors (Lipinski definition) is 4. The summed E-state index contributed by atoms with van der Waals surface area (Å²) in [4.78, 5) is 22.9. The molecular weight excluding hydrogens is 446 g/mol. The van der Waals surface area contributed by atoms with Crippen molar-refractivity contribution in [2.75, 3.05) is 32.1 Å². The fourth-order valence-electron chi connectivity index (χ4n) is 5.69. The predicted octanol–water partition coefficient (Wildman–Crippen LogP) is 5.20. The van der Waals surface area contributed by atoms with E-state index in [4.69, 9.17) is 4.98 Å². The molecule has 36 heavy (non-hydrogen) atoms. The second-order valence-electron chi connectivity index (χ2n) is 10.2. The number of benzene rings is 2. The van der Waals surface area contributed by atoms with Crippen molar-refractivity contribution in [2.24, 2.45) is 7.05 Å². The van der Waals surface area contributed by atoms with Crippen LogP contribution in [-0.2, 0) is 13.5 Å². The third kappa shape index (κ3) is 5.34. The van der Waals surface area contributed by atoms with Crippen LogP contribution in [0.15, 0.2) is 43.0 Å². The summed E-state index contributed by atoms with van der Waals surface area (Å²) in [6, 6.07) is 13.4. The lowest BCUT2D eigenvalue weighted by molar-refractivity contribution is 0.0953. The van der Waals surface area contributed by atoms with Gasteiger partial charge in [-0.3, -0.25) is 4.79 Å². The molecular formula is C30H41N5O. The molecule has 1 aromatic heterocycles. The minimum Gasteiger partial charge on any atom is -0.369 e. The maximum Gasteiger partial charge on any atom is 0.251 e. The van der Waals surface area contributed by atoms with Crippen molar-refractivity contribution in [3.05, 3.63) is 65.5 Å². The lowest BCUT2D eigenvalue weighted by Crippen LogP contribution is -2.42. The molecule has 0 bridgehead atoms. The molecule has 0 radical (unpaired) electrons. The molecule has 6 nitrogen and oxygen atoms in total. The summed E-state index contributed by atoms with van der Waals surface area (Å²) in [5.74, 6) is 0.933. The number of anilines is 1. The third-order valence-electron chi connectivity index (χ3n) is 7.88. The van der Waals surface area contributed by atoms with E-state index in [9.17, 15) is 4.79 Å². The number of carbonyl (C=O) groups excluding carboxylic acids is 1. The fourth-order valence-corrected chi connectivity index (χ4v) is 5.69. The normalized spacial score (nSPS) is 17.9. The Bertz CT molecular complexity index is 1220. The Labute approximate surface area is 216 Å². The van der Waals surface area contributed by atoms with E-state index in [0.29, 0.717) is 25.0 Å². The Balaban J connectivity index is 1.49. The summed E-state index contributed by atoms with van der Waals surface area (Å²) < 4.78 is 2.10. The highest BCUT2D eigenvalue weighted by Gasteiger charge is 2.28. The van der Waals surface area contributed by atoms with Crippen molar-refractivity contribution in [1.29, 1.82) is 0 Å². The van der Waals surface area contributed by atoms with Crippen LogP contribution in [0.2, 0.25) is 0 Å². The maximum atomic E-state index is 13.3. The molecule has 1 aliphatic carbocycles. The molecule has 1 heterocycles. The molecule has 0 aliphatic heterocycles. The van der Waals surface area contributed by atoms with Crippen LogP contribution in [0.1, 0.15) is 59.9 Å². The van der Waals surface area contributed by atoms with Gasteiger partial charge >= 0.3 is 0 Å². The number of amides is 1. The van der Waals surface area contributed by atoms with E-state index in [1.54, 1.807) is 0 Å². The number of hydrogen-bond donors (Lipinski definition) is 1. The van der Waals surface area contributed by atoms with Crippen molar-refractivity contribution < 1.29 is 4.79 Å². The lowest BCUT2D eigenvalue weighted by atomic mass is 9.88. The number of aromatic nitrogens is 2. The molecule has 192 valence electrons. The van der Waals surface area contributed by atoms with Crippen molar-refractivity contribution in [3.63, 3.8) is 0 Å². The summed E-state index contributed by atoms with van der Waals surface area (Å²) in [6.07, 6.45) is 7.30. The SMILES string of the molecule is C=Cc1cc(C(=O)NCCc2nc3ccccc3n2C)c(C)c(N(CC)[C@H]2CC[C@H](N(C)C)CC2)c1. The Kier molecular flexibility index (Phi) is 8.14. The topological polar surface area (TPSA) is 53.4 Å². The second-order valence-corrected chi connectivity index (χ2v) is 10.2. The molecule has 1 fully saturated rings. The number of carbonyl (C=O) groups is 1. The van der Waals surface area contributed by atoms with Gasteiger partial charge in [0, 0.05) is 49.9 Å². The molecule has 1 amide bonds. The first kappa shape index (κ1) is 26.0. The number of nitrogens with zero attached hydrogens (tertiary/aromatic N) is 4. The fraction of sp³-hybridized carbons (Fsp3) is 0.467.